The average molecular weight is 242 g/mol. The van der Waals surface area contributed by atoms with Crippen LogP contribution in [0.4, 0.5) is 0 Å². The van der Waals surface area contributed by atoms with Gasteiger partial charge in [-0.15, -0.1) is 0 Å². The van der Waals surface area contributed by atoms with Gasteiger partial charge in [-0.3, -0.25) is 0 Å². The molecule has 3 rings (SSSR count). The van der Waals surface area contributed by atoms with E-state index in [-0.39, 0.29) is 0 Å². The molecular weight excluding hydrogens is 224 g/mol. The van der Waals surface area contributed by atoms with E-state index < -0.39 is 6.10 Å². The van der Waals surface area contributed by atoms with Crippen molar-refractivity contribution in [2.45, 2.75) is 38.7 Å². The van der Waals surface area contributed by atoms with E-state index in [0.717, 1.165) is 17.5 Å². The number of furan rings is 1. The van der Waals surface area contributed by atoms with Crippen molar-refractivity contribution in [3.05, 3.63) is 58.5 Å². The third kappa shape index (κ3) is 1.97. The molecule has 0 fully saturated rings. The molecule has 0 bridgehead atoms. The van der Waals surface area contributed by atoms with E-state index in [1.807, 2.05) is 19.1 Å². The minimum absolute atomic E-state index is 0.646. The second-order valence-electron chi connectivity index (χ2n) is 5.11. The van der Waals surface area contributed by atoms with Crippen LogP contribution in [-0.2, 0) is 12.8 Å². The summed E-state index contributed by atoms with van der Waals surface area (Å²) in [6.07, 6.45) is 5.83. The Labute approximate surface area is 107 Å². The van der Waals surface area contributed by atoms with Gasteiger partial charge in [-0.05, 0) is 60.9 Å². The zero-order chi connectivity index (χ0) is 12.5. The second kappa shape index (κ2) is 4.62. The lowest BCUT2D eigenvalue weighted by Gasteiger charge is -2.18. The predicted octanol–water partition coefficient (Wildman–Crippen LogP) is 3.55. The minimum atomic E-state index is -0.646. The zero-order valence-electron chi connectivity index (χ0n) is 10.6. The molecule has 1 aromatic heterocycles. The summed E-state index contributed by atoms with van der Waals surface area (Å²) in [5.41, 5.74) is 4.77. The van der Waals surface area contributed by atoms with Crippen LogP contribution in [0.1, 0.15) is 47.0 Å². The number of aliphatic hydroxyl groups excluding tert-OH is 1. The molecule has 0 aliphatic heterocycles. The van der Waals surface area contributed by atoms with Crippen LogP contribution >= 0.6 is 0 Å². The summed E-state index contributed by atoms with van der Waals surface area (Å²) >= 11 is 0. The molecule has 2 nitrogen and oxygen atoms in total. The Bertz CT molecular complexity index is 554. The quantitative estimate of drug-likeness (QED) is 0.873. The largest absolute Gasteiger partial charge is 0.466 e. The summed E-state index contributed by atoms with van der Waals surface area (Å²) in [4.78, 5) is 0. The highest BCUT2D eigenvalue weighted by atomic mass is 16.4. The Hall–Kier alpha value is -1.54. The molecule has 1 aromatic carbocycles. The van der Waals surface area contributed by atoms with Crippen LogP contribution in [0, 0.1) is 6.92 Å². The van der Waals surface area contributed by atoms with Crippen molar-refractivity contribution in [2.24, 2.45) is 0 Å². The Morgan fingerprint density at radius 1 is 1.11 bits per heavy atom. The zero-order valence-corrected chi connectivity index (χ0v) is 10.6. The maximum Gasteiger partial charge on any atom is 0.139 e. The molecular formula is C16H18O2. The molecule has 1 N–H and O–H groups in total. The molecule has 1 heterocycles. The highest BCUT2D eigenvalue weighted by Gasteiger charge is 2.18. The number of aliphatic hydroxyl groups is 1. The highest BCUT2D eigenvalue weighted by Crippen LogP contribution is 2.29. The number of hydrogen-bond donors (Lipinski definition) is 1. The molecule has 2 heteroatoms. The summed E-state index contributed by atoms with van der Waals surface area (Å²) in [6.45, 7) is 1.96. The summed E-state index contributed by atoms with van der Waals surface area (Å²) in [6, 6.07) is 8.21. The molecule has 0 saturated carbocycles. The Balaban J connectivity index is 1.95. The standard InChI is InChI=1S/C16H18O2/c1-11-8-9-18-16(11)15(17)14-7-6-12-4-2-3-5-13(12)10-14/h6-10,15,17H,2-5H2,1H3. The van der Waals surface area contributed by atoms with E-state index in [4.69, 9.17) is 4.42 Å². The molecule has 0 radical (unpaired) electrons. The molecule has 1 atom stereocenters. The lowest BCUT2D eigenvalue weighted by atomic mass is 9.89. The van der Waals surface area contributed by atoms with E-state index in [1.165, 1.54) is 30.4 Å². The van der Waals surface area contributed by atoms with Gasteiger partial charge in [-0.25, -0.2) is 0 Å². The molecule has 2 aromatic rings. The minimum Gasteiger partial charge on any atom is -0.466 e. The summed E-state index contributed by atoms with van der Waals surface area (Å²) in [7, 11) is 0. The first kappa shape index (κ1) is 11.5. The van der Waals surface area contributed by atoms with Crippen molar-refractivity contribution in [3.63, 3.8) is 0 Å². The third-order valence-electron chi connectivity index (χ3n) is 3.84. The number of aryl methyl sites for hydroxylation is 3. The van der Waals surface area contributed by atoms with Crippen LogP contribution in [0.15, 0.2) is 34.9 Å². The van der Waals surface area contributed by atoms with Crippen molar-refractivity contribution in [1.82, 2.24) is 0 Å². The molecule has 18 heavy (non-hydrogen) atoms. The molecule has 1 unspecified atom stereocenters. The molecule has 1 aliphatic rings. The van der Waals surface area contributed by atoms with E-state index in [2.05, 4.69) is 12.1 Å². The van der Waals surface area contributed by atoms with Crippen molar-refractivity contribution >= 4 is 0 Å². The van der Waals surface area contributed by atoms with Crippen LogP contribution in [0.5, 0.6) is 0 Å². The third-order valence-corrected chi connectivity index (χ3v) is 3.84. The number of hydrogen-bond acceptors (Lipinski definition) is 2. The maximum atomic E-state index is 10.4. The number of rotatable bonds is 2. The molecule has 1 aliphatic carbocycles. The molecule has 0 amide bonds. The van der Waals surface area contributed by atoms with E-state index in [1.54, 1.807) is 6.26 Å². The molecule has 0 spiro atoms. The molecule has 94 valence electrons. The number of benzene rings is 1. The van der Waals surface area contributed by atoms with Crippen LogP contribution in [0.2, 0.25) is 0 Å². The second-order valence-corrected chi connectivity index (χ2v) is 5.11. The van der Waals surface area contributed by atoms with Gasteiger partial charge >= 0.3 is 0 Å². The average Bonchev–Trinajstić information content (AvgIpc) is 2.83. The predicted molar refractivity (Wildman–Crippen MR) is 70.6 cm³/mol. The van der Waals surface area contributed by atoms with Crippen molar-refractivity contribution in [1.29, 1.82) is 0 Å². The van der Waals surface area contributed by atoms with E-state index in [0.29, 0.717) is 5.76 Å². The fourth-order valence-corrected chi connectivity index (χ4v) is 2.74. The first-order valence-corrected chi connectivity index (χ1v) is 6.59. The monoisotopic (exact) mass is 242 g/mol. The lowest BCUT2D eigenvalue weighted by Crippen LogP contribution is -2.06. The van der Waals surface area contributed by atoms with Gasteiger partial charge in [0.2, 0.25) is 0 Å². The topological polar surface area (TPSA) is 33.4 Å². The summed E-state index contributed by atoms with van der Waals surface area (Å²) < 4.78 is 5.37. The van der Waals surface area contributed by atoms with Crippen molar-refractivity contribution in [2.75, 3.05) is 0 Å². The highest BCUT2D eigenvalue weighted by molar-refractivity contribution is 5.37. The first-order valence-electron chi connectivity index (χ1n) is 6.59. The van der Waals surface area contributed by atoms with Crippen molar-refractivity contribution in [3.8, 4) is 0 Å². The van der Waals surface area contributed by atoms with Crippen LogP contribution in [-0.4, -0.2) is 5.11 Å². The normalized spacial score (nSPS) is 16.3. The smallest absolute Gasteiger partial charge is 0.139 e. The van der Waals surface area contributed by atoms with Gasteiger partial charge in [0.15, 0.2) is 0 Å². The summed E-state index contributed by atoms with van der Waals surface area (Å²) in [5, 5.41) is 10.4. The first-order chi connectivity index (χ1) is 8.75. The Kier molecular flexibility index (Phi) is 2.96. The fourth-order valence-electron chi connectivity index (χ4n) is 2.74. The van der Waals surface area contributed by atoms with Crippen molar-refractivity contribution < 1.29 is 9.52 Å². The number of fused-ring (bicyclic) bond motifs is 1. The van der Waals surface area contributed by atoms with Crippen LogP contribution < -0.4 is 0 Å². The fraction of sp³-hybridized carbons (Fsp3) is 0.375. The Morgan fingerprint density at radius 3 is 2.61 bits per heavy atom. The van der Waals surface area contributed by atoms with Gasteiger partial charge < -0.3 is 9.52 Å². The van der Waals surface area contributed by atoms with Gasteiger partial charge in [0.05, 0.1) is 6.26 Å². The van der Waals surface area contributed by atoms with Gasteiger partial charge in [0.1, 0.15) is 11.9 Å². The Morgan fingerprint density at radius 2 is 1.89 bits per heavy atom. The van der Waals surface area contributed by atoms with Gasteiger partial charge in [-0.2, -0.15) is 0 Å². The summed E-state index contributed by atoms with van der Waals surface area (Å²) in [5.74, 6) is 0.658. The lowest BCUT2D eigenvalue weighted by molar-refractivity contribution is 0.188. The van der Waals surface area contributed by atoms with Crippen LogP contribution in [0.3, 0.4) is 0 Å². The SMILES string of the molecule is Cc1ccoc1C(O)c1ccc2c(c1)CCCC2. The van der Waals surface area contributed by atoms with Gasteiger partial charge in [0.25, 0.3) is 0 Å². The van der Waals surface area contributed by atoms with Crippen LogP contribution in [0.25, 0.3) is 0 Å². The maximum absolute atomic E-state index is 10.4. The van der Waals surface area contributed by atoms with E-state index in [9.17, 15) is 5.11 Å². The van der Waals surface area contributed by atoms with E-state index >= 15 is 0 Å². The molecule has 0 saturated heterocycles. The van der Waals surface area contributed by atoms with Gasteiger partial charge in [-0.1, -0.05) is 18.2 Å². The van der Waals surface area contributed by atoms with Gasteiger partial charge in [0, 0.05) is 0 Å².